The van der Waals surface area contributed by atoms with Crippen molar-refractivity contribution >= 4 is 0 Å². The fourth-order valence-electron chi connectivity index (χ4n) is 2.09. The molecule has 0 heterocycles. The van der Waals surface area contributed by atoms with Crippen molar-refractivity contribution < 1.29 is 9.13 Å². The van der Waals surface area contributed by atoms with Crippen LogP contribution in [0.4, 0.5) is 4.39 Å². The summed E-state index contributed by atoms with van der Waals surface area (Å²) in [4.78, 5) is 0. The highest BCUT2D eigenvalue weighted by molar-refractivity contribution is 5.39. The third-order valence-corrected chi connectivity index (χ3v) is 3.35. The van der Waals surface area contributed by atoms with Crippen molar-refractivity contribution in [3.63, 3.8) is 0 Å². The zero-order valence-corrected chi connectivity index (χ0v) is 12.1. The van der Waals surface area contributed by atoms with Gasteiger partial charge in [0.05, 0.1) is 0 Å². The zero-order valence-electron chi connectivity index (χ0n) is 12.1. The van der Waals surface area contributed by atoms with Gasteiger partial charge in [0.15, 0.2) is 0 Å². The lowest BCUT2D eigenvalue weighted by molar-refractivity contribution is 0.300. The monoisotopic (exact) mass is 273 g/mol. The normalized spacial score (nSPS) is 12.2. The Morgan fingerprint density at radius 3 is 2.60 bits per heavy atom. The molecule has 0 saturated carbocycles. The molecular formula is C17H20FNO. The van der Waals surface area contributed by atoms with Gasteiger partial charge in [-0.15, -0.1) is 0 Å². The summed E-state index contributed by atoms with van der Waals surface area (Å²) in [5.41, 5.74) is 9.89. The van der Waals surface area contributed by atoms with Crippen LogP contribution in [-0.2, 0) is 6.61 Å². The second-order valence-corrected chi connectivity index (χ2v) is 5.19. The van der Waals surface area contributed by atoms with E-state index in [-0.39, 0.29) is 11.9 Å². The van der Waals surface area contributed by atoms with Crippen molar-refractivity contribution in [1.82, 2.24) is 0 Å². The number of hydrogen-bond donors (Lipinski definition) is 1. The number of rotatable bonds is 4. The van der Waals surface area contributed by atoms with E-state index < -0.39 is 0 Å². The van der Waals surface area contributed by atoms with Gasteiger partial charge in [0.25, 0.3) is 0 Å². The average molecular weight is 273 g/mol. The van der Waals surface area contributed by atoms with E-state index in [1.54, 1.807) is 6.07 Å². The van der Waals surface area contributed by atoms with E-state index in [4.69, 9.17) is 10.5 Å². The predicted octanol–water partition coefficient (Wildman–Crippen LogP) is 4.04. The summed E-state index contributed by atoms with van der Waals surface area (Å²) in [6, 6.07) is 10.6. The maximum absolute atomic E-state index is 13.3. The first-order valence-electron chi connectivity index (χ1n) is 6.71. The van der Waals surface area contributed by atoms with Gasteiger partial charge in [-0.2, -0.15) is 0 Å². The van der Waals surface area contributed by atoms with Crippen molar-refractivity contribution in [2.45, 2.75) is 33.4 Å². The quantitative estimate of drug-likeness (QED) is 0.912. The number of aryl methyl sites for hydroxylation is 2. The smallest absolute Gasteiger partial charge is 0.124 e. The first-order valence-corrected chi connectivity index (χ1v) is 6.71. The minimum absolute atomic E-state index is 0.0980. The van der Waals surface area contributed by atoms with Crippen molar-refractivity contribution in [1.29, 1.82) is 0 Å². The summed E-state index contributed by atoms with van der Waals surface area (Å²) in [6.07, 6.45) is 0. The lowest BCUT2D eigenvalue weighted by Crippen LogP contribution is -2.08. The van der Waals surface area contributed by atoms with Crippen molar-refractivity contribution in [2.24, 2.45) is 5.73 Å². The third kappa shape index (κ3) is 3.36. The van der Waals surface area contributed by atoms with Crippen LogP contribution in [0.15, 0.2) is 36.4 Å². The summed E-state index contributed by atoms with van der Waals surface area (Å²) in [6.45, 7) is 6.21. The fraction of sp³-hybridized carbons (Fsp3) is 0.294. The number of halogens is 1. The molecule has 2 aromatic carbocycles. The van der Waals surface area contributed by atoms with Gasteiger partial charge in [-0.3, -0.25) is 0 Å². The summed E-state index contributed by atoms with van der Waals surface area (Å²) < 4.78 is 19.1. The van der Waals surface area contributed by atoms with Crippen LogP contribution >= 0.6 is 0 Å². The minimum atomic E-state index is -0.245. The van der Waals surface area contributed by atoms with Gasteiger partial charge in [0, 0.05) is 11.6 Å². The second kappa shape index (κ2) is 6.06. The SMILES string of the molecule is Cc1ccc([C@H](C)N)c(OCc2cc(F)ccc2C)c1. The number of nitrogens with two attached hydrogens (primary N) is 1. The summed E-state index contributed by atoms with van der Waals surface area (Å²) in [5.74, 6) is 0.523. The van der Waals surface area contributed by atoms with Crippen LogP contribution < -0.4 is 10.5 Å². The molecule has 1 atom stereocenters. The largest absolute Gasteiger partial charge is 0.489 e. The van der Waals surface area contributed by atoms with Crippen molar-refractivity contribution in [2.75, 3.05) is 0 Å². The maximum atomic E-state index is 13.3. The van der Waals surface area contributed by atoms with Crippen LogP contribution in [0.25, 0.3) is 0 Å². The number of benzene rings is 2. The topological polar surface area (TPSA) is 35.2 Å². The van der Waals surface area contributed by atoms with Gasteiger partial charge in [0.2, 0.25) is 0 Å². The number of ether oxygens (including phenoxy) is 1. The molecule has 0 aromatic heterocycles. The Kier molecular flexibility index (Phi) is 4.40. The van der Waals surface area contributed by atoms with E-state index in [2.05, 4.69) is 0 Å². The second-order valence-electron chi connectivity index (χ2n) is 5.19. The van der Waals surface area contributed by atoms with Gasteiger partial charge < -0.3 is 10.5 Å². The predicted molar refractivity (Wildman–Crippen MR) is 79.3 cm³/mol. The van der Waals surface area contributed by atoms with E-state index in [1.807, 2.05) is 39.0 Å². The Labute approximate surface area is 119 Å². The summed E-state index contributed by atoms with van der Waals surface area (Å²) in [5, 5.41) is 0. The molecule has 3 heteroatoms. The molecule has 2 N–H and O–H groups in total. The molecule has 0 amide bonds. The van der Waals surface area contributed by atoms with Crippen LogP contribution in [0.1, 0.15) is 35.2 Å². The average Bonchev–Trinajstić information content (AvgIpc) is 2.39. The molecule has 0 fully saturated rings. The van der Waals surface area contributed by atoms with Gasteiger partial charge >= 0.3 is 0 Å². The third-order valence-electron chi connectivity index (χ3n) is 3.35. The van der Waals surface area contributed by atoms with Crippen LogP contribution in [0.5, 0.6) is 5.75 Å². The molecule has 0 bridgehead atoms. The maximum Gasteiger partial charge on any atom is 0.124 e. The van der Waals surface area contributed by atoms with E-state index in [9.17, 15) is 4.39 Å². The number of hydrogen-bond acceptors (Lipinski definition) is 2. The van der Waals surface area contributed by atoms with E-state index in [0.29, 0.717) is 6.61 Å². The molecule has 0 aliphatic heterocycles. The molecule has 0 aliphatic rings. The molecule has 2 aromatic rings. The first-order chi connectivity index (χ1) is 9.47. The lowest BCUT2D eigenvalue weighted by Gasteiger charge is -2.15. The fourth-order valence-corrected chi connectivity index (χ4v) is 2.09. The first kappa shape index (κ1) is 14.5. The Hall–Kier alpha value is -1.87. The standard InChI is InChI=1S/C17H20FNO/c1-11-4-7-16(13(3)19)17(8-11)20-10-14-9-15(18)6-5-12(14)2/h4-9,13H,10,19H2,1-3H3/t13-/m0/s1. The van der Waals surface area contributed by atoms with Crippen LogP contribution in [0.3, 0.4) is 0 Å². The van der Waals surface area contributed by atoms with E-state index in [1.165, 1.54) is 12.1 Å². The molecule has 0 saturated heterocycles. The highest BCUT2D eigenvalue weighted by Crippen LogP contribution is 2.26. The van der Waals surface area contributed by atoms with Crippen molar-refractivity contribution in [3.05, 3.63) is 64.5 Å². The lowest BCUT2D eigenvalue weighted by atomic mass is 10.1. The molecular weight excluding hydrogens is 253 g/mol. The van der Waals surface area contributed by atoms with Gasteiger partial charge in [-0.05, 0) is 55.7 Å². The molecule has 0 aliphatic carbocycles. The minimum Gasteiger partial charge on any atom is -0.489 e. The summed E-state index contributed by atoms with van der Waals surface area (Å²) >= 11 is 0. The van der Waals surface area contributed by atoms with E-state index >= 15 is 0 Å². The molecule has 106 valence electrons. The van der Waals surface area contributed by atoms with Gasteiger partial charge in [0.1, 0.15) is 18.2 Å². The van der Waals surface area contributed by atoms with Crippen LogP contribution in [-0.4, -0.2) is 0 Å². The van der Waals surface area contributed by atoms with Gasteiger partial charge in [-0.25, -0.2) is 4.39 Å². The molecule has 0 radical (unpaired) electrons. The molecule has 2 rings (SSSR count). The highest BCUT2D eigenvalue weighted by Gasteiger charge is 2.09. The van der Waals surface area contributed by atoms with Crippen molar-refractivity contribution in [3.8, 4) is 5.75 Å². The molecule has 2 nitrogen and oxygen atoms in total. The molecule has 0 unspecified atom stereocenters. The highest BCUT2D eigenvalue weighted by atomic mass is 19.1. The Bertz CT molecular complexity index is 608. The summed E-state index contributed by atoms with van der Waals surface area (Å²) in [7, 11) is 0. The Morgan fingerprint density at radius 2 is 1.90 bits per heavy atom. The Morgan fingerprint density at radius 1 is 1.15 bits per heavy atom. The molecule has 0 spiro atoms. The zero-order chi connectivity index (χ0) is 14.7. The Balaban J connectivity index is 2.22. The van der Waals surface area contributed by atoms with Crippen LogP contribution in [0.2, 0.25) is 0 Å². The van der Waals surface area contributed by atoms with Gasteiger partial charge in [-0.1, -0.05) is 18.2 Å². The van der Waals surface area contributed by atoms with Crippen LogP contribution in [0, 0.1) is 19.7 Å². The van der Waals surface area contributed by atoms with E-state index in [0.717, 1.165) is 28.0 Å². The molecule has 20 heavy (non-hydrogen) atoms.